The lowest BCUT2D eigenvalue weighted by Crippen LogP contribution is -2.15. The molecule has 0 saturated carbocycles. The van der Waals surface area contributed by atoms with Crippen LogP contribution in [0.5, 0.6) is 0 Å². The number of carbonyl (C=O) groups is 1. The molecule has 0 aliphatic carbocycles. The summed E-state index contributed by atoms with van der Waals surface area (Å²) in [6, 6.07) is 0. The minimum Gasteiger partial charge on any atom is -0.364 e. The summed E-state index contributed by atoms with van der Waals surface area (Å²) in [6.07, 6.45) is 0. The molecule has 0 radical (unpaired) electrons. The number of halogens is 2. The van der Waals surface area contributed by atoms with E-state index in [1.807, 2.05) is 0 Å². The van der Waals surface area contributed by atoms with E-state index in [0.29, 0.717) is 10.4 Å². The molecule has 1 rings (SSSR count). The molecule has 0 fully saturated rings. The molecule has 90 valence electrons. The molecular formula is C8H10Cl2N2O3S. The molecule has 0 bridgehead atoms. The Labute approximate surface area is 107 Å². The molecule has 2 unspecified atom stereocenters. The summed E-state index contributed by atoms with van der Waals surface area (Å²) in [4.78, 5) is 11.6. The number of nitrogens with zero attached hydrogens (tertiary/aromatic N) is 1. The third kappa shape index (κ3) is 2.64. The van der Waals surface area contributed by atoms with E-state index in [4.69, 9.17) is 38.4 Å². The van der Waals surface area contributed by atoms with Crippen LogP contribution >= 0.6 is 34.7 Å². The van der Waals surface area contributed by atoms with Gasteiger partial charge in [-0.3, -0.25) is 4.79 Å². The van der Waals surface area contributed by atoms with Crippen molar-refractivity contribution in [1.82, 2.24) is 4.37 Å². The lowest BCUT2D eigenvalue weighted by molar-refractivity contribution is 0.0989. The Morgan fingerprint density at radius 3 is 2.38 bits per heavy atom. The summed E-state index contributed by atoms with van der Waals surface area (Å²) in [5, 5.41) is 0. The summed E-state index contributed by atoms with van der Waals surface area (Å²) in [6.45, 7) is 0. The Hall–Kier alpha value is -0.400. The van der Waals surface area contributed by atoms with Crippen molar-refractivity contribution in [2.45, 2.75) is 11.1 Å². The first-order valence-corrected chi connectivity index (χ1v) is 5.80. The van der Waals surface area contributed by atoms with Gasteiger partial charge in [-0.05, 0) is 11.5 Å². The number of primary amides is 1. The first-order chi connectivity index (χ1) is 7.52. The van der Waals surface area contributed by atoms with Gasteiger partial charge in [0, 0.05) is 19.8 Å². The number of alkyl halides is 2. The van der Waals surface area contributed by atoms with Gasteiger partial charge in [-0.1, -0.05) is 23.2 Å². The van der Waals surface area contributed by atoms with E-state index in [0.717, 1.165) is 11.5 Å². The Balaban J connectivity index is 3.24. The Morgan fingerprint density at radius 1 is 1.38 bits per heavy atom. The van der Waals surface area contributed by atoms with Crippen LogP contribution < -0.4 is 5.73 Å². The highest BCUT2D eigenvalue weighted by atomic mass is 35.5. The van der Waals surface area contributed by atoms with Crippen LogP contribution in [-0.4, -0.2) is 24.5 Å². The van der Waals surface area contributed by atoms with Gasteiger partial charge in [0.05, 0.1) is 4.88 Å². The smallest absolute Gasteiger partial charge is 0.268 e. The molecule has 8 heteroatoms. The maximum atomic E-state index is 11.1. The van der Waals surface area contributed by atoms with E-state index < -0.39 is 17.0 Å². The quantitative estimate of drug-likeness (QED) is 0.840. The van der Waals surface area contributed by atoms with E-state index in [-0.39, 0.29) is 5.69 Å². The van der Waals surface area contributed by atoms with Crippen molar-refractivity contribution in [3.63, 3.8) is 0 Å². The van der Waals surface area contributed by atoms with E-state index >= 15 is 0 Å². The third-order valence-electron chi connectivity index (χ3n) is 1.84. The van der Waals surface area contributed by atoms with Crippen LogP contribution in [0, 0.1) is 0 Å². The molecule has 0 saturated heterocycles. The second-order valence-electron chi connectivity index (χ2n) is 2.78. The van der Waals surface area contributed by atoms with Crippen LogP contribution in [0.2, 0.25) is 0 Å². The maximum Gasteiger partial charge on any atom is 0.268 e. The molecule has 2 N–H and O–H groups in total. The zero-order valence-corrected chi connectivity index (χ0v) is 10.9. The molecule has 5 nitrogen and oxygen atoms in total. The van der Waals surface area contributed by atoms with Crippen LogP contribution in [0.15, 0.2) is 0 Å². The highest BCUT2D eigenvalue weighted by Crippen LogP contribution is 2.37. The minimum atomic E-state index is -0.840. The largest absolute Gasteiger partial charge is 0.364 e. The predicted molar refractivity (Wildman–Crippen MR) is 61.8 cm³/mol. The average molecular weight is 285 g/mol. The summed E-state index contributed by atoms with van der Waals surface area (Å²) >= 11 is 12.8. The fourth-order valence-electron chi connectivity index (χ4n) is 1.10. The monoisotopic (exact) mass is 284 g/mol. The highest BCUT2D eigenvalue weighted by molar-refractivity contribution is 7.06. The second kappa shape index (κ2) is 5.79. The Morgan fingerprint density at radius 2 is 1.94 bits per heavy atom. The number of rotatable bonds is 5. The molecule has 1 aromatic heterocycles. The van der Waals surface area contributed by atoms with Gasteiger partial charge >= 0.3 is 0 Å². The topological polar surface area (TPSA) is 74.4 Å². The summed E-state index contributed by atoms with van der Waals surface area (Å²) < 4.78 is 13.8. The number of carbonyl (C=O) groups excluding carboxylic acids is 1. The molecular weight excluding hydrogens is 275 g/mol. The number of hydrogen-bond donors (Lipinski definition) is 1. The third-order valence-corrected chi connectivity index (χ3v) is 3.66. The van der Waals surface area contributed by atoms with Crippen molar-refractivity contribution < 1.29 is 14.3 Å². The van der Waals surface area contributed by atoms with E-state index in [1.165, 1.54) is 14.2 Å². The molecule has 1 aromatic rings. The number of nitrogens with two attached hydrogens (primary N) is 1. The van der Waals surface area contributed by atoms with Crippen LogP contribution in [0.4, 0.5) is 0 Å². The SMILES string of the molecule is COC(Cl)c1snc(C(N)=O)c1C(Cl)OC. The molecule has 2 atom stereocenters. The molecule has 0 aliphatic rings. The number of aromatic nitrogens is 1. The van der Waals surface area contributed by atoms with Crippen molar-refractivity contribution in [3.8, 4) is 0 Å². The van der Waals surface area contributed by atoms with Gasteiger partial charge in [-0.15, -0.1) is 0 Å². The molecule has 0 aliphatic heterocycles. The number of amides is 1. The van der Waals surface area contributed by atoms with Gasteiger partial charge in [0.2, 0.25) is 0 Å². The van der Waals surface area contributed by atoms with Gasteiger partial charge in [0.1, 0.15) is 5.69 Å². The van der Waals surface area contributed by atoms with Gasteiger partial charge in [0.15, 0.2) is 11.1 Å². The summed E-state index contributed by atoms with van der Waals surface area (Å²) in [5.41, 5.74) is 4.01. The lowest BCUT2D eigenvalue weighted by atomic mass is 10.2. The first-order valence-electron chi connectivity index (χ1n) is 4.15. The molecule has 0 spiro atoms. The van der Waals surface area contributed by atoms with E-state index in [9.17, 15) is 4.79 Å². The summed E-state index contributed by atoms with van der Waals surface area (Å²) in [5.74, 6) is -0.680. The summed E-state index contributed by atoms with van der Waals surface area (Å²) in [7, 11) is 2.83. The minimum absolute atomic E-state index is 0.0598. The Bertz CT molecular complexity index is 385. The van der Waals surface area contributed by atoms with Gasteiger partial charge in [-0.2, -0.15) is 4.37 Å². The maximum absolute atomic E-state index is 11.1. The van der Waals surface area contributed by atoms with Crippen LogP contribution in [0.3, 0.4) is 0 Å². The zero-order chi connectivity index (χ0) is 12.3. The van der Waals surface area contributed by atoms with Crippen LogP contribution in [0.25, 0.3) is 0 Å². The van der Waals surface area contributed by atoms with Gasteiger partial charge in [-0.25, -0.2) is 0 Å². The number of hydrogen-bond acceptors (Lipinski definition) is 5. The standard InChI is InChI=1S/C8H10Cl2N2O3S/c1-14-6(9)3-4(8(11)13)12-16-5(3)7(10)15-2/h6-7H,1-2H3,(H2,11,13). The molecule has 16 heavy (non-hydrogen) atoms. The Kier molecular flexibility index (Phi) is 4.94. The first kappa shape index (κ1) is 13.7. The van der Waals surface area contributed by atoms with E-state index in [1.54, 1.807) is 0 Å². The van der Waals surface area contributed by atoms with Crippen molar-refractivity contribution in [3.05, 3.63) is 16.1 Å². The van der Waals surface area contributed by atoms with Crippen molar-refractivity contribution in [2.75, 3.05) is 14.2 Å². The fourth-order valence-corrected chi connectivity index (χ4v) is 2.48. The molecule has 1 heterocycles. The van der Waals surface area contributed by atoms with Gasteiger partial charge < -0.3 is 15.2 Å². The molecule has 0 aromatic carbocycles. The van der Waals surface area contributed by atoms with Crippen molar-refractivity contribution >= 4 is 40.6 Å². The van der Waals surface area contributed by atoms with Crippen LogP contribution in [-0.2, 0) is 9.47 Å². The predicted octanol–water partition coefficient (Wildman–Crippen LogP) is 2.01. The lowest BCUT2D eigenvalue weighted by Gasteiger charge is -2.12. The zero-order valence-electron chi connectivity index (χ0n) is 8.57. The fraction of sp³-hybridized carbons (Fsp3) is 0.500. The second-order valence-corrected chi connectivity index (χ2v) is 4.37. The number of methoxy groups -OCH3 is 2. The van der Waals surface area contributed by atoms with E-state index in [2.05, 4.69) is 4.37 Å². The van der Waals surface area contributed by atoms with Gasteiger partial charge in [0.25, 0.3) is 5.91 Å². The number of ether oxygens (including phenoxy) is 2. The molecule has 1 amide bonds. The highest BCUT2D eigenvalue weighted by Gasteiger charge is 2.27. The van der Waals surface area contributed by atoms with Crippen LogP contribution in [0.1, 0.15) is 32.1 Å². The van der Waals surface area contributed by atoms with Crippen molar-refractivity contribution in [2.24, 2.45) is 5.73 Å². The average Bonchev–Trinajstić information content (AvgIpc) is 2.71. The normalized spacial score (nSPS) is 14.8. The van der Waals surface area contributed by atoms with Crippen molar-refractivity contribution in [1.29, 1.82) is 0 Å².